The molecule has 0 aliphatic carbocycles. The van der Waals surface area contributed by atoms with Crippen molar-refractivity contribution in [3.8, 4) is 28.1 Å². The minimum atomic E-state index is -4.67. The van der Waals surface area contributed by atoms with Crippen molar-refractivity contribution in [3.05, 3.63) is 87.9 Å². The number of benzene rings is 1. The van der Waals surface area contributed by atoms with E-state index in [-0.39, 0.29) is 17.5 Å². The summed E-state index contributed by atoms with van der Waals surface area (Å²) in [6, 6.07) is 8.95. The van der Waals surface area contributed by atoms with E-state index in [1.165, 1.54) is 35.1 Å². The van der Waals surface area contributed by atoms with Crippen LogP contribution in [-0.2, 0) is 18.0 Å². The van der Waals surface area contributed by atoms with Gasteiger partial charge in [-0.2, -0.15) is 23.4 Å². The Kier molecular flexibility index (Phi) is 7.53. The maximum atomic E-state index is 13.7. The van der Waals surface area contributed by atoms with E-state index in [2.05, 4.69) is 30.8 Å². The molecule has 0 fully saturated rings. The third-order valence-corrected chi connectivity index (χ3v) is 7.81. The lowest BCUT2D eigenvalue weighted by atomic mass is 9.97. The van der Waals surface area contributed by atoms with Crippen LogP contribution in [-0.4, -0.2) is 45.4 Å². The maximum Gasteiger partial charge on any atom is 0.436 e. The lowest BCUT2D eigenvalue weighted by molar-refractivity contribution is -0.141. The molecule has 5 heterocycles. The predicted octanol–water partition coefficient (Wildman–Crippen LogP) is 5.31. The highest BCUT2D eigenvalue weighted by atomic mass is 35.5. The molecule has 1 aliphatic heterocycles. The Hall–Kier alpha value is -4.85. The topological polar surface area (TPSA) is 125 Å². The van der Waals surface area contributed by atoms with Gasteiger partial charge in [0.1, 0.15) is 0 Å². The highest BCUT2D eigenvalue weighted by Gasteiger charge is 2.35. The number of alkyl halides is 3. The molecule has 44 heavy (non-hydrogen) atoms. The van der Waals surface area contributed by atoms with Crippen LogP contribution in [0.5, 0.6) is 0 Å². The van der Waals surface area contributed by atoms with E-state index in [1.54, 1.807) is 30.2 Å². The number of nitrogens with one attached hydrogen (secondary N) is 1. The quantitative estimate of drug-likeness (QED) is 0.289. The summed E-state index contributed by atoms with van der Waals surface area (Å²) < 4.78 is 43.6. The monoisotopic (exact) mass is 623 g/mol. The molecular weight excluding hydrogens is 599 g/mol. The summed E-state index contributed by atoms with van der Waals surface area (Å²) in [5.41, 5.74) is 1.90. The molecule has 1 N–H and O–H groups in total. The van der Waals surface area contributed by atoms with Crippen molar-refractivity contribution in [1.82, 2.24) is 39.5 Å². The third-order valence-electron chi connectivity index (χ3n) is 7.58. The van der Waals surface area contributed by atoms with Gasteiger partial charge in [0.2, 0.25) is 5.91 Å². The number of hydrogen-bond donors (Lipinski definition) is 1. The number of nitrogens with zero attached hydrogens (tertiary/aromatic N) is 8. The third kappa shape index (κ3) is 5.60. The summed E-state index contributed by atoms with van der Waals surface area (Å²) in [6.07, 6.45) is 2.41. The summed E-state index contributed by atoms with van der Waals surface area (Å²) >= 11 is 6.24. The van der Waals surface area contributed by atoms with E-state index in [1.807, 2.05) is 13.0 Å². The molecule has 1 aliphatic rings. The van der Waals surface area contributed by atoms with E-state index in [4.69, 9.17) is 11.6 Å². The standard InChI is InChI=1S/C29H25ClF3N9O2/c1-16-4-3-5-24(21-10-17(8-9-34-21)27-22(37-28(16)44)14-35-40(27)2)42-26(43)11-18(13-36-42)20-12-19(30)6-7-23(20)41-15-25(38-39-41)29(31,32)33/h6-16,24H,3-5H2,1-2H3,(H,37,44). The van der Waals surface area contributed by atoms with Crippen LogP contribution in [0.3, 0.4) is 0 Å². The zero-order chi connectivity index (χ0) is 31.2. The molecular formula is C29H25ClF3N9O2. The molecule has 2 unspecified atom stereocenters. The highest BCUT2D eigenvalue weighted by Crippen LogP contribution is 2.34. The molecule has 6 rings (SSSR count). The lowest BCUT2D eigenvalue weighted by Crippen LogP contribution is -2.29. The number of hydrogen-bond acceptors (Lipinski definition) is 7. The Bertz CT molecular complexity index is 1930. The Labute approximate surface area is 253 Å². The SMILES string of the molecule is CC1CCCC(n2ncc(-c3cc(Cl)ccc3-n3cc(C(F)(F)F)nn3)cc2=O)c2cc(ccn2)-c2c(cnn2C)NC1=O. The zero-order valence-electron chi connectivity index (χ0n) is 23.5. The number of aromatic nitrogens is 8. The van der Waals surface area contributed by atoms with E-state index in [0.717, 1.165) is 16.4 Å². The molecule has 2 atom stereocenters. The van der Waals surface area contributed by atoms with Crippen LogP contribution < -0.4 is 10.9 Å². The maximum absolute atomic E-state index is 13.7. The van der Waals surface area contributed by atoms with Crippen LogP contribution in [0, 0.1) is 5.92 Å². The van der Waals surface area contributed by atoms with E-state index in [0.29, 0.717) is 52.5 Å². The fourth-order valence-electron chi connectivity index (χ4n) is 5.30. The van der Waals surface area contributed by atoms with E-state index < -0.39 is 23.5 Å². The molecule has 226 valence electrons. The fourth-order valence-corrected chi connectivity index (χ4v) is 5.47. The van der Waals surface area contributed by atoms with Gasteiger partial charge in [-0.15, -0.1) is 5.10 Å². The van der Waals surface area contributed by atoms with Gasteiger partial charge in [-0.05, 0) is 43.2 Å². The van der Waals surface area contributed by atoms with Gasteiger partial charge in [-0.1, -0.05) is 30.2 Å². The van der Waals surface area contributed by atoms with Gasteiger partial charge >= 0.3 is 6.18 Å². The van der Waals surface area contributed by atoms with Gasteiger partial charge in [0.25, 0.3) is 5.56 Å². The molecule has 0 spiro atoms. The number of carbonyl (C=O) groups excluding carboxylic acids is 1. The molecule has 1 aromatic carbocycles. The van der Waals surface area contributed by atoms with Crippen LogP contribution in [0.25, 0.3) is 28.1 Å². The lowest BCUT2D eigenvalue weighted by Gasteiger charge is -2.21. The van der Waals surface area contributed by atoms with Crippen molar-refractivity contribution in [3.63, 3.8) is 0 Å². The molecule has 5 aromatic rings. The van der Waals surface area contributed by atoms with Gasteiger partial charge in [0.05, 0.1) is 47.4 Å². The average molecular weight is 624 g/mol. The normalized spacial score (nSPS) is 17.4. The second-order valence-corrected chi connectivity index (χ2v) is 11.0. The summed E-state index contributed by atoms with van der Waals surface area (Å²) in [6.45, 7) is 1.85. The molecule has 15 heteroatoms. The largest absolute Gasteiger partial charge is 0.436 e. The number of pyridine rings is 1. The summed E-state index contributed by atoms with van der Waals surface area (Å²) in [5.74, 6) is -0.422. The van der Waals surface area contributed by atoms with Gasteiger partial charge < -0.3 is 5.32 Å². The average Bonchev–Trinajstić information content (AvgIpc) is 3.62. The van der Waals surface area contributed by atoms with Crippen molar-refractivity contribution >= 4 is 23.2 Å². The summed E-state index contributed by atoms with van der Waals surface area (Å²) in [5, 5.41) is 19.0. The summed E-state index contributed by atoms with van der Waals surface area (Å²) in [7, 11) is 1.77. The Morgan fingerprint density at radius 1 is 1.02 bits per heavy atom. The second kappa shape index (κ2) is 11.3. The van der Waals surface area contributed by atoms with Gasteiger partial charge in [0, 0.05) is 46.9 Å². The van der Waals surface area contributed by atoms with Crippen LogP contribution in [0.15, 0.2) is 66.0 Å². The smallest absolute Gasteiger partial charge is 0.323 e. The van der Waals surface area contributed by atoms with Gasteiger partial charge in [-0.3, -0.25) is 19.3 Å². The second-order valence-electron chi connectivity index (χ2n) is 10.6. The molecule has 0 saturated heterocycles. The Balaban J connectivity index is 1.42. The summed E-state index contributed by atoms with van der Waals surface area (Å²) in [4.78, 5) is 31.1. The first kappa shape index (κ1) is 29.2. The molecule has 0 radical (unpaired) electrons. The molecule has 1 amide bonds. The van der Waals surface area contributed by atoms with Crippen molar-refractivity contribution < 1.29 is 18.0 Å². The molecule has 4 aromatic heterocycles. The van der Waals surface area contributed by atoms with E-state index >= 15 is 0 Å². The number of rotatable bonds is 3. The van der Waals surface area contributed by atoms with Gasteiger partial charge in [-0.25, -0.2) is 9.36 Å². The first-order valence-corrected chi connectivity index (χ1v) is 14.1. The molecule has 11 nitrogen and oxygen atoms in total. The van der Waals surface area contributed by atoms with Crippen molar-refractivity contribution in [1.29, 1.82) is 0 Å². The number of halogens is 4. The Morgan fingerprint density at radius 3 is 2.59 bits per heavy atom. The molecule has 2 bridgehead atoms. The van der Waals surface area contributed by atoms with Crippen LogP contribution >= 0.6 is 11.6 Å². The number of carbonyl (C=O) groups is 1. The number of aryl methyl sites for hydroxylation is 1. The predicted molar refractivity (Wildman–Crippen MR) is 155 cm³/mol. The highest BCUT2D eigenvalue weighted by molar-refractivity contribution is 6.31. The number of amides is 1. The van der Waals surface area contributed by atoms with Crippen molar-refractivity contribution in [2.75, 3.05) is 5.32 Å². The first-order chi connectivity index (χ1) is 21.0. The van der Waals surface area contributed by atoms with Gasteiger partial charge in [0.15, 0.2) is 5.69 Å². The fraction of sp³-hybridized carbons (Fsp3) is 0.276. The minimum Gasteiger partial charge on any atom is -0.323 e. The van der Waals surface area contributed by atoms with E-state index in [9.17, 15) is 22.8 Å². The molecule has 0 saturated carbocycles. The van der Waals surface area contributed by atoms with Crippen molar-refractivity contribution in [2.45, 2.75) is 38.4 Å². The van der Waals surface area contributed by atoms with Crippen LogP contribution in [0.4, 0.5) is 18.9 Å². The Morgan fingerprint density at radius 2 is 1.84 bits per heavy atom. The number of fused-ring (bicyclic) bond motifs is 4. The first-order valence-electron chi connectivity index (χ1n) is 13.7. The van der Waals surface area contributed by atoms with Crippen molar-refractivity contribution in [2.24, 2.45) is 13.0 Å². The van der Waals surface area contributed by atoms with Crippen LogP contribution in [0.2, 0.25) is 5.02 Å². The van der Waals surface area contributed by atoms with Crippen LogP contribution in [0.1, 0.15) is 43.6 Å². The number of anilines is 1. The zero-order valence-corrected chi connectivity index (χ0v) is 24.2. The minimum absolute atomic E-state index is 0.127.